The smallest absolute Gasteiger partial charge is 0.322 e. The minimum Gasteiger partial charge on any atom is -0.403 e. The summed E-state index contributed by atoms with van der Waals surface area (Å²) in [4.78, 5) is 12.0. The van der Waals surface area contributed by atoms with Crippen LogP contribution in [0.15, 0.2) is 51.8 Å². The predicted octanol–water partition coefficient (Wildman–Crippen LogP) is 3.30. The van der Waals surface area contributed by atoms with Gasteiger partial charge in [0.2, 0.25) is 11.8 Å². The first-order valence-corrected chi connectivity index (χ1v) is 10.1. The van der Waals surface area contributed by atoms with E-state index in [1.54, 1.807) is 0 Å². The van der Waals surface area contributed by atoms with E-state index in [0.29, 0.717) is 0 Å². The molecule has 0 saturated carbocycles. The molecule has 2 aromatic carbocycles. The first-order valence-electron chi connectivity index (χ1n) is 8.44. The summed E-state index contributed by atoms with van der Waals surface area (Å²) in [6.45, 7) is 3.94. The van der Waals surface area contributed by atoms with Gasteiger partial charge < -0.3 is 4.42 Å². The summed E-state index contributed by atoms with van der Waals surface area (Å²) in [6, 6.07) is 9.97. The minimum absolute atomic E-state index is 0.0449. The Hall–Kier alpha value is -3.07. The molecular formula is C19H18FN3O4S. The highest BCUT2D eigenvalue weighted by atomic mass is 32.2. The van der Waals surface area contributed by atoms with E-state index in [2.05, 4.69) is 15.5 Å². The maximum Gasteiger partial charge on any atom is 0.322 e. The number of anilines is 1. The van der Waals surface area contributed by atoms with E-state index in [9.17, 15) is 17.6 Å². The first kappa shape index (κ1) is 19.7. The normalized spacial score (nSPS) is 11.4. The zero-order valence-corrected chi connectivity index (χ0v) is 16.1. The third-order valence-electron chi connectivity index (χ3n) is 4.20. The molecule has 7 nitrogen and oxygen atoms in total. The van der Waals surface area contributed by atoms with Crippen LogP contribution in [0.5, 0.6) is 0 Å². The van der Waals surface area contributed by atoms with Crippen LogP contribution in [0.3, 0.4) is 0 Å². The lowest BCUT2D eigenvalue weighted by atomic mass is 10.1. The van der Waals surface area contributed by atoms with Gasteiger partial charge in [-0.25, -0.2) is 12.8 Å². The molecule has 0 atom stereocenters. The van der Waals surface area contributed by atoms with Crippen molar-refractivity contribution in [1.29, 1.82) is 0 Å². The number of hydrogen-bond acceptors (Lipinski definition) is 6. The van der Waals surface area contributed by atoms with Crippen LogP contribution in [0.1, 0.15) is 17.5 Å². The maximum atomic E-state index is 12.9. The Balaban J connectivity index is 1.61. The molecule has 3 rings (SSSR count). The van der Waals surface area contributed by atoms with E-state index in [1.165, 1.54) is 0 Å². The molecule has 1 N–H and O–H groups in total. The fourth-order valence-electron chi connectivity index (χ4n) is 2.43. The molecule has 1 amide bonds. The summed E-state index contributed by atoms with van der Waals surface area (Å²) in [5.41, 5.74) is 2.90. The van der Waals surface area contributed by atoms with E-state index >= 15 is 0 Å². The second-order valence-electron chi connectivity index (χ2n) is 6.28. The van der Waals surface area contributed by atoms with Crippen molar-refractivity contribution >= 4 is 21.8 Å². The van der Waals surface area contributed by atoms with Crippen LogP contribution in [0.4, 0.5) is 10.4 Å². The number of hydrogen-bond donors (Lipinski definition) is 1. The average Bonchev–Trinajstić information content (AvgIpc) is 3.11. The lowest BCUT2D eigenvalue weighted by Gasteiger charge is -2.04. The zero-order valence-electron chi connectivity index (χ0n) is 15.3. The van der Waals surface area contributed by atoms with Crippen molar-refractivity contribution in [1.82, 2.24) is 10.2 Å². The van der Waals surface area contributed by atoms with E-state index in [4.69, 9.17) is 4.42 Å². The molecule has 1 aromatic heterocycles. The Morgan fingerprint density at radius 2 is 1.79 bits per heavy atom. The van der Waals surface area contributed by atoms with Gasteiger partial charge in [-0.3, -0.25) is 10.1 Å². The van der Waals surface area contributed by atoms with Gasteiger partial charge in [-0.05, 0) is 61.4 Å². The fourth-order valence-corrected chi connectivity index (χ4v) is 3.67. The number of amides is 1. The van der Waals surface area contributed by atoms with Crippen molar-refractivity contribution in [3.8, 4) is 11.5 Å². The highest BCUT2D eigenvalue weighted by Crippen LogP contribution is 2.22. The number of aromatic nitrogens is 2. The van der Waals surface area contributed by atoms with Crippen LogP contribution in [0, 0.1) is 19.7 Å². The van der Waals surface area contributed by atoms with Gasteiger partial charge >= 0.3 is 6.01 Å². The number of sulfone groups is 1. The van der Waals surface area contributed by atoms with Crippen LogP contribution >= 0.6 is 0 Å². The number of benzene rings is 2. The van der Waals surface area contributed by atoms with Gasteiger partial charge in [-0.1, -0.05) is 11.2 Å². The third kappa shape index (κ3) is 4.61. The summed E-state index contributed by atoms with van der Waals surface area (Å²) in [5.74, 6) is -1.30. The van der Waals surface area contributed by atoms with Crippen molar-refractivity contribution in [3.05, 3.63) is 59.4 Å². The molecule has 0 aliphatic rings. The number of nitrogens with one attached hydrogen (secondary N) is 1. The number of carbonyl (C=O) groups excluding carboxylic acids is 1. The molecule has 0 unspecified atom stereocenters. The van der Waals surface area contributed by atoms with Crippen LogP contribution in [0.25, 0.3) is 11.5 Å². The third-order valence-corrected chi connectivity index (χ3v) is 5.93. The molecule has 0 aliphatic heterocycles. The van der Waals surface area contributed by atoms with Crippen molar-refractivity contribution in [2.75, 3.05) is 11.1 Å². The number of aryl methyl sites for hydroxylation is 2. The summed E-state index contributed by atoms with van der Waals surface area (Å²) in [5, 5.41) is 10.0. The Bertz CT molecular complexity index is 1110. The van der Waals surface area contributed by atoms with Gasteiger partial charge in [-0.15, -0.1) is 5.10 Å². The number of halogens is 1. The van der Waals surface area contributed by atoms with Crippen LogP contribution in [-0.4, -0.2) is 30.3 Å². The molecule has 0 spiro atoms. The van der Waals surface area contributed by atoms with E-state index in [-0.39, 0.29) is 23.2 Å². The molecule has 0 bridgehead atoms. The first-order chi connectivity index (χ1) is 13.2. The Morgan fingerprint density at radius 3 is 2.46 bits per heavy atom. The van der Waals surface area contributed by atoms with Crippen molar-refractivity contribution in [2.45, 2.75) is 25.2 Å². The summed E-state index contributed by atoms with van der Waals surface area (Å²) < 4.78 is 42.7. The number of nitrogens with zero attached hydrogens (tertiary/aromatic N) is 2. The van der Waals surface area contributed by atoms with Crippen LogP contribution in [-0.2, 0) is 14.6 Å². The van der Waals surface area contributed by atoms with E-state index in [0.717, 1.165) is 41.0 Å². The summed E-state index contributed by atoms with van der Waals surface area (Å²) >= 11 is 0. The molecule has 9 heteroatoms. The van der Waals surface area contributed by atoms with E-state index < -0.39 is 27.3 Å². The van der Waals surface area contributed by atoms with Gasteiger partial charge in [-0.2, -0.15) is 0 Å². The molecule has 0 saturated heterocycles. The Kier molecular flexibility index (Phi) is 5.55. The van der Waals surface area contributed by atoms with Gasteiger partial charge in [0.05, 0.1) is 10.6 Å². The average molecular weight is 403 g/mol. The Morgan fingerprint density at radius 1 is 1.07 bits per heavy atom. The van der Waals surface area contributed by atoms with Gasteiger partial charge in [0, 0.05) is 12.0 Å². The molecular weight excluding hydrogens is 385 g/mol. The molecule has 0 radical (unpaired) electrons. The molecule has 0 aliphatic carbocycles. The van der Waals surface area contributed by atoms with Crippen molar-refractivity contribution in [2.24, 2.45) is 0 Å². The lowest BCUT2D eigenvalue weighted by Crippen LogP contribution is -2.17. The summed E-state index contributed by atoms with van der Waals surface area (Å²) in [6.07, 6.45) is -0.305. The minimum atomic E-state index is -3.71. The van der Waals surface area contributed by atoms with Crippen molar-refractivity contribution < 1.29 is 22.0 Å². The van der Waals surface area contributed by atoms with E-state index in [1.807, 2.05) is 32.0 Å². The quantitative estimate of drug-likeness (QED) is 0.634. The zero-order chi connectivity index (χ0) is 20.3. The molecule has 0 fully saturated rings. The number of carbonyl (C=O) groups is 1. The van der Waals surface area contributed by atoms with Crippen LogP contribution < -0.4 is 5.32 Å². The predicted molar refractivity (Wildman–Crippen MR) is 101 cm³/mol. The standard InChI is InChI=1S/C19H18FN3O4S/c1-12-3-4-14(11-13(12)2)18-22-23-19(27-18)21-17(24)9-10-28(25,26)16-7-5-15(20)6-8-16/h3-8,11H,9-10H2,1-2H3,(H,21,23,24). The SMILES string of the molecule is Cc1ccc(-c2nnc(NC(=O)CCS(=O)(=O)c3ccc(F)cc3)o2)cc1C. The molecule has 146 valence electrons. The Labute approximate surface area is 161 Å². The molecule has 3 aromatic rings. The highest BCUT2D eigenvalue weighted by molar-refractivity contribution is 7.91. The molecule has 28 heavy (non-hydrogen) atoms. The maximum absolute atomic E-state index is 12.9. The van der Waals surface area contributed by atoms with Gasteiger partial charge in [0.1, 0.15) is 5.82 Å². The largest absolute Gasteiger partial charge is 0.403 e. The summed E-state index contributed by atoms with van der Waals surface area (Å²) in [7, 11) is -3.71. The topological polar surface area (TPSA) is 102 Å². The number of rotatable bonds is 6. The van der Waals surface area contributed by atoms with Gasteiger partial charge in [0.25, 0.3) is 0 Å². The fraction of sp³-hybridized carbons (Fsp3) is 0.211. The van der Waals surface area contributed by atoms with Crippen molar-refractivity contribution in [3.63, 3.8) is 0 Å². The monoisotopic (exact) mass is 403 g/mol. The molecule has 1 heterocycles. The van der Waals surface area contributed by atoms with Gasteiger partial charge in [0.15, 0.2) is 9.84 Å². The lowest BCUT2D eigenvalue weighted by molar-refractivity contribution is -0.115. The second-order valence-corrected chi connectivity index (χ2v) is 8.39. The van der Waals surface area contributed by atoms with Crippen LogP contribution in [0.2, 0.25) is 0 Å². The highest BCUT2D eigenvalue weighted by Gasteiger charge is 2.18. The second kappa shape index (κ2) is 7.89.